The van der Waals surface area contributed by atoms with Crippen molar-refractivity contribution in [3.63, 3.8) is 0 Å². The van der Waals surface area contributed by atoms with Crippen LogP contribution >= 0.6 is 35.0 Å². The van der Waals surface area contributed by atoms with Crippen molar-refractivity contribution in [2.24, 2.45) is 5.92 Å². The smallest absolute Gasteiger partial charge is 0.0417 e. The minimum atomic E-state index is 0.633. The van der Waals surface area contributed by atoms with Gasteiger partial charge in [0.05, 0.1) is 0 Å². The molecule has 0 heterocycles. The van der Waals surface area contributed by atoms with Gasteiger partial charge in [0, 0.05) is 26.4 Å². The highest BCUT2D eigenvalue weighted by Crippen LogP contribution is 2.33. The van der Waals surface area contributed by atoms with Crippen LogP contribution in [-0.4, -0.2) is 6.54 Å². The first-order valence-corrected chi connectivity index (χ1v) is 8.54. The van der Waals surface area contributed by atoms with Crippen LogP contribution in [0.3, 0.4) is 0 Å². The van der Waals surface area contributed by atoms with E-state index < -0.39 is 0 Å². The molecule has 2 rings (SSSR count). The van der Waals surface area contributed by atoms with Crippen molar-refractivity contribution in [2.75, 3.05) is 6.54 Å². The number of hydrogen-bond donors (Lipinski definition) is 1. The van der Waals surface area contributed by atoms with Crippen LogP contribution in [0.5, 0.6) is 0 Å². The SMILES string of the molecule is CC(C)CNCc1cc(Cl)ccc1Sc1cccc(Cl)c1. The first kappa shape index (κ1) is 16.7. The van der Waals surface area contributed by atoms with Crippen LogP contribution in [0.1, 0.15) is 19.4 Å². The summed E-state index contributed by atoms with van der Waals surface area (Å²) >= 11 is 13.9. The summed E-state index contributed by atoms with van der Waals surface area (Å²) in [6.07, 6.45) is 0. The van der Waals surface area contributed by atoms with Gasteiger partial charge in [-0.3, -0.25) is 0 Å². The lowest BCUT2D eigenvalue weighted by atomic mass is 10.2. The Morgan fingerprint density at radius 3 is 2.52 bits per heavy atom. The van der Waals surface area contributed by atoms with Gasteiger partial charge in [-0.15, -0.1) is 0 Å². The van der Waals surface area contributed by atoms with Crippen molar-refractivity contribution in [3.05, 3.63) is 58.1 Å². The molecule has 0 aliphatic carbocycles. The zero-order valence-electron chi connectivity index (χ0n) is 12.2. The van der Waals surface area contributed by atoms with Crippen molar-refractivity contribution in [2.45, 2.75) is 30.2 Å². The summed E-state index contributed by atoms with van der Waals surface area (Å²) in [4.78, 5) is 2.34. The average molecular weight is 340 g/mol. The van der Waals surface area contributed by atoms with Crippen LogP contribution in [0.15, 0.2) is 52.3 Å². The molecular formula is C17H19Cl2NS. The Balaban J connectivity index is 2.14. The molecule has 0 aliphatic rings. The second-order valence-corrected chi connectivity index (χ2v) is 7.32. The lowest BCUT2D eigenvalue weighted by Gasteiger charge is -2.12. The number of halogens is 2. The Bertz CT molecular complexity index is 599. The molecule has 0 unspecified atom stereocenters. The van der Waals surface area contributed by atoms with Gasteiger partial charge in [0.1, 0.15) is 0 Å². The van der Waals surface area contributed by atoms with Crippen LogP contribution < -0.4 is 5.32 Å². The lowest BCUT2D eigenvalue weighted by molar-refractivity contribution is 0.550. The normalized spacial score (nSPS) is 11.1. The molecule has 2 aromatic rings. The topological polar surface area (TPSA) is 12.0 Å². The molecule has 1 N–H and O–H groups in total. The first-order valence-electron chi connectivity index (χ1n) is 6.97. The highest BCUT2D eigenvalue weighted by Gasteiger charge is 2.06. The Labute approximate surface area is 141 Å². The van der Waals surface area contributed by atoms with E-state index in [1.54, 1.807) is 11.8 Å². The van der Waals surface area contributed by atoms with Gasteiger partial charge in [0.2, 0.25) is 0 Å². The molecular weight excluding hydrogens is 321 g/mol. The molecule has 0 aromatic heterocycles. The zero-order chi connectivity index (χ0) is 15.2. The van der Waals surface area contributed by atoms with Crippen molar-refractivity contribution < 1.29 is 0 Å². The van der Waals surface area contributed by atoms with Gasteiger partial charge >= 0.3 is 0 Å². The Kier molecular flexibility index (Phi) is 6.43. The van der Waals surface area contributed by atoms with Crippen LogP contribution in [0.4, 0.5) is 0 Å². The van der Waals surface area contributed by atoms with Crippen molar-refractivity contribution >= 4 is 35.0 Å². The third-order valence-electron chi connectivity index (χ3n) is 2.91. The highest BCUT2D eigenvalue weighted by molar-refractivity contribution is 7.99. The van der Waals surface area contributed by atoms with Gasteiger partial charge in [0.15, 0.2) is 0 Å². The van der Waals surface area contributed by atoms with E-state index in [0.717, 1.165) is 28.0 Å². The molecule has 0 radical (unpaired) electrons. The molecule has 21 heavy (non-hydrogen) atoms. The molecule has 0 bridgehead atoms. The fourth-order valence-corrected chi connectivity index (χ4v) is 3.37. The fraction of sp³-hybridized carbons (Fsp3) is 0.294. The Hall–Kier alpha value is -0.670. The summed E-state index contributed by atoms with van der Waals surface area (Å²) < 4.78 is 0. The van der Waals surface area contributed by atoms with E-state index in [4.69, 9.17) is 23.2 Å². The first-order chi connectivity index (χ1) is 10.0. The quantitative estimate of drug-likeness (QED) is 0.704. The third-order valence-corrected chi connectivity index (χ3v) is 4.49. The van der Waals surface area contributed by atoms with E-state index in [1.807, 2.05) is 30.3 Å². The monoisotopic (exact) mass is 339 g/mol. The number of nitrogens with one attached hydrogen (secondary N) is 1. The van der Waals surface area contributed by atoms with Gasteiger partial charge in [-0.2, -0.15) is 0 Å². The van der Waals surface area contributed by atoms with Crippen molar-refractivity contribution in [1.29, 1.82) is 0 Å². The van der Waals surface area contributed by atoms with Gasteiger partial charge < -0.3 is 5.32 Å². The zero-order valence-corrected chi connectivity index (χ0v) is 14.5. The minimum absolute atomic E-state index is 0.633. The van der Waals surface area contributed by atoms with E-state index >= 15 is 0 Å². The summed E-state index contributed by atoms with van der Waals surface area (Å²) in [7, 11) is 0. The van der Waals surface area contributed by atoms with Crippen molar-refractivity contribution in [1.82, 2.24) is 5.32 Å². The van der Waals surface area contributed by atoms with Crippen LogP contribution in [0.2, 0.25) is 10.0 Å². The van der Waals surface area contributed by atoms with Crippen LogP contribution in [-0.2, 0) is 6.54 Å². The maximum atomic E-state index is 6.13. The largest absolute Gasteiger partial charge is 0.312 e. The van der Waals surface area contributed by atoms with E-state index in [0.29, 0.717) is 5.92 Å². The van der Waals surface area contributed by atoms with Crippen LogP contribution in [0, 0.1) is 5.92 Å². The molecule has 1 nitrogen and oxygen atoms in total. The number of benzene rings is 2. The minimum Gasteiger partial charge on any atom is -0.312 e. The lowest BCUT2D eigenvalue weighted by Crippen LogP contribution is -2.19. The van der Waals surface area contributed by atoms with E-state index in [2.05, 4.69) is 31.3 Å². The van der Waals surface area contributed by atoms with Gasteiger partial charge in [0.25, 0.3) is 0 Å². The molecule has 0 saturated heterocycles. The Morgan fingerprint density at radius 2 is 1.81 bits per heavy atom. The number of rotatable bonds is 6. The summed E-state index contributed by atoms with van der Waals surface area (Å²) in [6, 6.07) is 13.9. The van der Waals surface area contributed by atoms with Gasteiger partial charge in [-0.05, 0) is 54.4 Å². The third kappa shape index (κ3) is 5.55. The molecule has 0 spiro atoms. The second kappa shape index (κ2) is 8.09. The maximum Gasteiger partial charge on any atom is 0.0417 e. The number of hydrogen-bond acceptors (Lipinski definition) is 2. The molecule has 112 valence electrons. The van der Waals surface area contributed by atoms with Gasteiger partial charge in [-0.25, -0.2) is 0 Å². The highest BCUT2D eigenvalue weighted by atomic mass is 35.5. The molecule has 0 amide bonds. The molecule has 0 saturated carbocycles. The summed E-state index contributed by atoms with van der Waals surface area (Å²) in [5.74, 6) is 0.633. The maximum absolute atomic E-state index is 6.13. The van der Waals surface area contributed by atoms with Crippen molar-refractivity contribution in [3.8, 4) is 0 Å². The van der Waals surface area contributed by atoms with Gasteiger partial charge in [-0.1, -0.05) is 54.9 Å². The van der Waals surface area contributed by atoms with E-state index in [1.165, 1.54) is 10.5 Å². The molecule has 0 atom stereocenters. The second-order valence-electron chi connectivity index (χ2n) is 5.34. The molecule has 4 heteroatoms. The van der Waals surface area contributed by atoms with E-state index in [-0.39, 0.29) is 0 Å². The summed E-state index contributed by atoms with van der Waals surface area (Å²) in [6.45, 7) is 6.22. The molecule has 0 fully saturated rings. The average Bonchev–Trinajstić information content (AvgIpc) is 2.41. The molecule has 2 aromatic carbocycles. The standard InChI is InChI=1S/C17H19Cl2NS/c1-12(2)10-20-11-13-8-15(19)6-7-17(13)21-16-5-3-4-14(18)9-16/h3-9,12,20H,10-11H2,1-2H3. The Morgan fingerprint density at radius 1 is 1.05 bits per heavy atom. The fourth-order valence-electron chi connectivity index (χ4n) is 1.94. The summed E-state index contributed by atoms with van der Waals surface area (Å²) in [5.41, 5.74) is 1.22. The van der Waals surface area contributed by atoms with Crippen LogP contribution in [0.25, 0.3) is 0 Å². The van der Waals surface area contributed by atoms with E-state index in [9.17, 15) is 0 Å². The summed E-state index contributed by atoms with van der Waals surface area (Å²) in [5, 5.41) is 5.00. The predicted octanol–water partition coefficient (Wildman–Crippen LogP) is 5.89. The predicted molar refractivity (Wildman–Crippen MR) is 93.6 cm³/mol. The molecule has 0 aliphatic heterocycles.